The number of nitrogens with zero attached hydrogens (tertiary/aromatic N) is 2. The zero-order valence-corrected chi connectivity index (χ0v) is 8.05. The summed E-state index contributed by atoms with van der Waals surface area (Å²) in [6.45, 7) is 0.185. The molecule has 0 aliphatic heterocycles. The Morgan fingerprint density at radius 1 is 1.67 bits per heavy atom. The lowest BCUT2D eigenvalue weighted by molar-refractivity contribution is -0.386. The van der Waals surface area contributed by atoms with Crippen molar-refractivity contribution < 1.29 is 9.66 Å². The minimum absolute atomic E-state index is 0.0580. The van der Waals surface area contributed by atoms with Crippen LogP contribution in [-0.4, -0.2) is 16.0 Å². The van der Waals surface area contributed by atoms with Gasteiger partial charge in [-0.1, -0.05) is 0 Å². The van der Waals surface area contributed by atoms with Crippen molar-refractivity contribution in [3.63, 3.8) is 0 Å². The second-order valence-corrected chi connectivity index (χ2v) is 3.42. The van der Waals surface area contributed by atoms with E-state index in [0.29, 0.717) is 5.69 Å². The summed E-state index contributed by atoms with van der Waals surface area (Å²) < 4.78 is 5.37. The monoisotopic (exact) mass is 209 g/mol. The number of rotatable bonds is 4. The minimum Gasteiger partial charge on any atom is -0.482 e. The maximum Gasteiger partial charge on any atom is 0.314 e. The van der Waals surface area contributed by atoms with Crippen LogP contribution in [0.25, 0.3) is 0 Å². The minimum atomic E-state index is -0.474. The smallest absolute Gasteiger partial charge is 0.314 e. The van der Waals surface area contributed by atoms with Gasteiger partial charge in [-0.05, 0) is 12.8 Å². The topological polar surface area (TPSA) is 91.3 Å². The Bertz CT molecular complexity index is 390. The normalized spacial score (nSPS) is 15.0. The number of ether oxygens (including phenoxy) is 1. The van der Waals surface area contributed by atoms with E-state index in [1.165, 1.54) is 12.3 Å². The Morgan fingerprint density at radius 2 is 2.40 bits per heavy atom. The zero-order chi connectivity index (χ0) is 10.8. The van der Waals surface area contributed by atoms with Gasteiger partial charge in [0.2, 0.25) is 5.75 Å². The predicted octanol–water partition coefficient (Wildman–Crippen LogP) is 0.990. The molecule has 1 heterocycles. The van der Waals surface area contributed by atoms with Crippen molar-refractivity contribution in [1.29, 1.82) is 0 Å². The Morgan fingerprint density at radius 3 is 2.93 bits per heavy atom. The molecular weight excluding hydrogens is 198 g/mol. The highest BCUT2D eigenvalue weighted by Crippen LogP contribution is 2.32. The molecule has 1 aliphatic carbocycles. The molecule has 0 radical (unpaired) electrons. The van der Waals surface area contributed by atoms with Crippen molar-refractivity contribution in [2.45, 2.75) is 25.5 Å². The first kappa shape index (κ1) is 9.85. The SMILES string of the molecule is NCc1cc([N+](=O)[O-])c(OC2CC2)cn1. The number of hydrogen-bond acceptors (Lipinski definition) is 5. The van der Waals surface area contributed by atoms with Gasteiger partial charge in [-0.25, -0.2) is 0 Å². The molecule has 1 aromatic rings. The number of aromatic nitrogens is 1. The van der Waals surface area contributed by atoms with Gasteiger partial charge in [0.05, 0.1) is 22.9 Å². The van der Waals surface area contributed by atoms with E-state index >= 15 is 0 Å². The molecule has 0 aromatic carbocycles. The van der Waals surface area contributed by atoms with Crippen LogP contribution in [0, 0.1) is 10.1 Å². The van der Waals surface area contributed by atoms with Crippen molar-refractivity contribution in [3.8, 4) is 5.75 Å². The van der Waals surface area contributed by atoms with E-state index in [-0.39, 0.29) is 24.1 Å². The van der Waals surface area contributed by atoms with Gasteiger partial charge in [0, 0.05) is 12.6 Å². The summed E-state index contributed by atoms with van der Waals surface area (Å²) in [5.74, 6) is 0.236. The fourth-order valence-corrected chi connectivity index (χ4v) is 1.18. The lowest BCUT2D eigenvalue weighted by atomic mass is 10.3. The van der Waals surface area contributed by atoms with E-state index in [1.54, 1.807) is 0 Å². The summed E-state index contributed by atoms with van der Waals surface area (Å²) in [7, 11) is 0. The summed E-state index contributed by atoms with van der Waals surface area (Å²) in [5.41, 5.74) is 5.79. The van der Waals surface area contributed by atoms with Gasteiger partial charge >= 0.3 is 5.69 Å². The summed E-state index contributed by atoms with van der Waals surface area (Å²) in [5, 5.41) is 10.7. The summed E-state index contributed by atoms with van der Waals surface area (Å²) in [6, 6.07) is 1.36. The number of hydrogen-bond donors (Lipinski definition) is 1. The third-order valence-electron chi connectivity index (χ3n) is 2.13. The van der Waals surface area contributed by atoms with Gasteiger partial charge in [-0.2, -0.15) is 0 Å². The van der Waals surface area contributed by atoms with Crippen molar-refractivity contribution >= 4 is 5.69 Å². The Labute approximate surface area is 86.2 Å². The van der Waals surface area contributed by atoms with E-state index in [1.807, 2.05) is 0 Å². The molecule has 0 unspecified atom stereocenters. The Kier molecular flexibility index (Phi) is 2.51. The molecule has 2 rings (SSSR count). The molecule has 1 saturated carbocycles. The van der Waals surface area contributed by atoms with Crippen molar-refractivity contribution in [1.82, 2.24) is 4.98 Å². The molecule has 6 heteroatoms. The van der Waals surface area contributed by atoms with Gasteiger partial charge in [0.25, 0.3) is 0 Å². The Balaban J connectivity index is 2.29. The van der Waals surface area contributed by atoms with Gasteiger partial charge in [0.15, 0.2) is 0 Å². The molecule has 1 fully saturated rings. The number of nitro groups is 1. The van der Waals surface area contributed by atoms with Gasteiger partial charge in [-0.15, -0.1) is 0 Å². The van der Waals surface area contributed by atoms with Gasteiger partial charge < -0.3 is 10.5 Å². The van der Waals surface area contributed by atoms with Crippen LogP contribution in [-0.2, 0) is 6.54 Å². The zero-order valence-electron chi connectivity index (χ0n) is 8.05. The second-order valence-electron chi connectivity index (χ2n) is 3.42. The van der Waals surface area contributed by atoms with Crippen molar-refractivity contribution in [3.05, 3.63) is 28.1 Å². The van der Waals surface area contributed by atoms with E-state index in [4.69, 9.17) is 10.5 Å². The van der Waals surface area contributed by atoms with Crippen LogP contribution in [0.1, 0.15) is 18.5 Å². The van der Waals surface area contributed by atoms with Gasteiger partial charge in [-0.3, -0.25) is 15.1 Å². The molecule has 0 atom stereocenters. The molecule has 80 valence electrons. The second kappa shape index (κ2) is 3.82. The van der Waals surface area contributed by atoms with Crippen LogP contribution >= 0.6 is 0 Å². The first-order valence-electron chi connectivity index (χ1n) is 4.70. The Hall–Kier alpha value is -1.69. The highest BCUT2D eigenvalue weighted by atomic mass is 16.6. The fourth-order valence-electron chi connectivity index (χ4n) is 1.18. The molecule has 15 heavy (non-hydrogen) atoms. The van der Waals surface area contributed by atoms with E-state index in [0.717, 1.165) is 12.8 Å². The predicted molar refractivity (Wildman–Crippen MR) is 52.4 cm³/mol. The van der Waals surface area contributed by atoms with E-state index in [2.05, 4.69) is 4.98 Å². The molecule has 0 saturated heterocycles. The summed E-state index contributed by atoms with van der Waals surface area (Å²) >= 11 is 0. The highest BCUT2D eigenvalue weighted by Gasteiger charge is 2.27. The van der Waals surface area contributed by atoms with Gasteiger partial charge in [0.1, 0.15) is 0 Å². The average Bonchev–Trinajstić information content (AvgIpc) is 3.02. The fraction of sp³-hybridized carbons (Fsp3) is 0.444. The number of nitrogens with two attached hydrogens (primary N) is 1. The third kappa shape index (κ3) is 2.21. The summed E-state index contributed by atoms with van der Waals surface area (Å²) in [4.78, 5) is 14.2. The quantitative estimate of drug-likeness (QED) is 0.589. The average molecular weight is 209 g/mol. The summed E-state index contributed by atoms with van der Waals surface area (Å²) in [6.07, 6.45) is 3.40. The molecule has 2 N–H and O–H groups in total. The molecule has 1 aliphatic rings. The van der Waals surface area contributed by atoms with E-state index < -0.39 is 4.92 Å². The van der Waals surface area contributed by atoms with E-state index in [9.17, 15) is 10.1 Å². The first-order chi connectivity index (χ1) is 7.20. The standard InChI is InChI=1S/C9H11N3O3/c10-4-6-3-8(12(13)14)9(5-11-6)15-7-1-2-7/h3,5,7H,1-2,4,10H2. The molecular formula is C9H11N3O3. The largest absolute Gasteiger partial charge is 0.482 e. The molecule has 0 spiro atoms. The lowest BCUT2D eigenvalue weighted by Gasteiger charge is -2.05. The maximum atomic E-state index is 10.7. The van der Waals surface area contributed by atoms with Crippen LogP contribution in [0.15, 0.2) is 12.3 Å². The first-order valence-corrected chi connectivity index (χ1v) is 4.70. The number of pyridine rings is 1. The maximum absolute atomic E-state index is 10.7. The van der Waals surface area contributed by atoms with Crippen LogP contribution in [0.3, 0.4) is 0 Å². The van der Waals surface area contributed by atoms with Crippen LogP contribution in [0.5, 0.6) is 5.75 Å². The third-order valence-corrected chi connectivity index (χ3v) is 2.13. The van der Waals surface area contributed by atoms with Crippen LogP contribution in [0.2, 0.25) is 0 Å². The molecule has 0 amide bonds. The molecule has 6 nitrogen and oxygen atoms in total. The van der Waals surface area contributed by atoms with Crippen molar-refractivity contribution in [2.24, 2.45) is 5.73 Å². The lowest BCUT2D eigenvalue weighted by Crippen LogP contribution is -2.04. The van der Waals surface area contributed by atoms with Crippen molar-refractivity contribution in [2.75, 3.05) is 0 Å². The molecule has 1 aromatic heterocycles. The van der Waals surface area contributed by atoms with Crippen LogP contribution in [0.4, 0.5) is 5.69 Å². The van der Waals surface area contributed by atoms with Crippen LogP contribution < -0.4 is 10.5 Å². The molecule has 0 bridgehead atoms. The highest BCUT2D eigenvalue weighted by molar-refractivity contribution is 5.45.